The van der Waals surface area contributed by atoms with Crippen molar-refractivity contribution in [3.05, 3.63) is 29.8 Å². The molecular weight excluding hydrogens is 256 g/mol. The molecule has 0 aliphatic carbocycles. The molecule has 0 fully saturated rings. The molecule has 1 heterocycles. The first-order valence-corrected chi connectivity index (χ1v) is 7.69. The second-order valence-corrected chi connectivity index (χ2v) is 6.11. The van der Waals surface area contributed by atoms with E-state index in [4.69, 9.17) is 9.73 Å². The topological polar surface area (TPSA) is 33.6 Å². The molecule has 0 aromatic heterocycles. The Kier molecular flexibility index (Phi) is 4.75. The van der Waals surface area contributed by atoms with E-state index in [0.717, 1.165) is 16.7 Å². The van der Waals surface area contributed by atoms with Crippen molar-refractivity contribution in [1.29, 1.82) is 0 Å². The standard InChI is InChI=1S/C15H22N2OS/c1-10-9-19-15(16-11(10)2)17-12(3)13-5-7-14(18-4)8-6-13/h5-8,10-12H,9H2,1-4H3,(H,16,17). The number of amidine groups is 1. The molecule has 2 rings (SSSR count). The van der Waals surface area contributed by atoms with Crippen LogP contribution in [0.2, 0.25) is 0 Å². The van der Waals surface area contributed by atoms with Gasteiger partial charge in [-0.1, -0.05) is 30.8 Å². The monoisotopic (exact) mass is 278 g/mol. The summed E-state index contributed by atoms with van der Waals surface area (Å²) in [4.78, 5) is 4.71. The largest absolute Gasteiger partial charge is 0.497 e. The predicted octanol–water partition coefficient (Wildman–Crippen LogP) is 3.47. The summed E-state index contributed by atoms with van der Waals surface area (Å²) in [6, 6.07) is 8.85. The summed E-state index contributed by atoms with van der Waals surface area (Å²) in [6.07, 6.45) is 0. The lowest BCUT2D eigenvalue weighted by Gasteiger charge is -2.26. The molecule has 1 N–H and O–H groups in total. The van der Waals surface area contributed by atoms with E-state index in [1.807, 2.05) is 23.9 Å². The van der Waals surface area contributed by atoms with Gasteiger partial charge in [-0.2, -0.15) is 0 Å². The van der Waals surface area contributed by atoms with Crippen molar-refractivity contribution >= 4 is 16.9 Å². The van der Waals surface area contributed by atoms with Gasteiger partial charge in [-0.3, -0.25) is 4.99 Å². The van der Waals surface area contributed by atoms with Crippen molar-refractivity contribution in [2.45, 2.75) is 32.9 Å². The quantitative estimate of drug-likeness (QED) is 0.919. The lowest BCUT2D eigenvalue weighted by atomic mass is 10.1. The lowest BCUT2D eigenvalue weighted by Crippen LogP contribution is -2.31. The number of nitrogens with one attached hydrogen (secondary N) is 1. The molecule has 1 aliphatic heterocycles. The Morgan fingerprint density at radius 1 is 1.32 bits per heavy atom. The Hall–Kier alpha value is -1.16. The SMILES string of the molecule is COc1ccc(C(C)NC2=NC(C)C(C)CS2)cc1. The maximum Gasteiger partial charge on any atom is 0.157 e. The summed E-state index contributed by atoms with van der Waals surface area (Å²) in [5, 5.41) is 4.56. The van der Waals surface area contributed by atoms with Crippen LogP contribution in [0.3, 0.4) is 0 Å². The van der Waals surface area contributed by atoms with Crippen LogP contribution in [0.4, 0.5) is 0 Å². The summed E-state index contributed by atoms with van der Waals surface area (Å²) in [6.45, 7) is 6.60. The third-order valence-corrected chi connectivity index (χ3v) is 4.77. The Morgan fingerprint density at radius 3 is 2.58 bits per heavy atom. The van der Waals surface area contributed by atoms with Crippen molar-refractivity contribution in [3.8, 4) is 5.75 Å². The molecule has 4 heteroatoms. The van der Waals surface area contributed by atoms with Gasteiger partial charge in [0.05, 0.1) is 19.2 Å². The van der Waals surface area contributed by atoms with Crippen LogP contribution in [0.1, 0.15) is 32.4 Å². The molecule has 1 aromatic carbocycles. The number of hydrogen-bond acceptors (Lipinski definition) is 4. The molecule has 1 aliphatic rings. The minimum absolute atomic E-state index is 0.262. The highest BCUT2D eigenvalue weighted by atomic mass is 32.2. The predicted molar refractivity (Wildman–Crippen MR) is 83.1 cm³/mol. The Labute approximate surface area is 119 Å². The maximum absolute atomic E-state index is 5.18. The molecule has 0 radical (unpaired) electrons. The number of hydrogen-bond donors (Lipinski definition) is 1. The molecule has 3 unspecified atom stereocenters. The first-order chi connectivity index (χ1) is 9.10. The van der Waals surface area contributed by atoms with Gasteiger partial charge in [-0.25, -0.2) is 0 Å². The first-order valence-electron chi connectivity index (χ1n) is 6.71. The van der Waals surface area contributed by atoms with Crippen LogP contribution in [0.15, 0.2) is 29.3 Å². The molecule has 3 nitrogen and oxygen atoms in total. The normalized spacial score (nSPS) is 24.5. The van der Waals surface area contributed by atoms with E-state index < -0.39 is 0 Å². The van der Waals surface area contributed by atoms with Crippen molar-refractivity contribution in [3.63, 3.8) is 0 Å². The fourth-order valence-electron chi connectivity index (χ4n) is 1.94. The van der Waals surface area contributed by atoms with Gasteiger partial charge in [0.2, 0.25) is 0 Å². The lowest BCUT2D eigenvalue weighted by molar-refractivity contribution is 0.414. The van der Waals surface area contributed by atoms with E-state index in [1.54, 1.807) is 7.11 Å². The smallest absolute Gasteiger partial charge is 0.157 e. The van der Waals surface area contributed by atoms with Crippen LogP contribution >= 0.6 is 11.8 Å². The van der Waals surface area contributed by atoms with E-state index in [-0.39, 0.29) is 6.04 Å². The third kappa shape index (κ3) is 3.66. The van der Waals surface area contributed by atoms with Crippen molar-refractivity contribution in [2.75, 3.05) is 12.9 Å². The number of methoxy groups -OCH3 is 1. The number of nitrogens with zero attached hydrogens (tertiary/aromatic N) is 1. The molecule has 0 saturated carbocycles. The van der Waals surface area contributed by atoms with E-state index in [1.165, 1.54) is 5.56 Å². The molecule has 0 saturated heterocycles. The number of thioether (sulfide) groups is 1. The van der Waals surface area contributed by atoms with Crippen LogP contribution in [0, 0.1) is 5.92 Å². The Bertz CT molecular complexity index is 444. The number of aliphatic imine (C=N–C) groups is 1. The van der Waals surface area contributed by atoms with Crippen molar-refractivity contribution < 1.29 is 4.74 Å². The van der Waals surface area contributed by atoms with Gasteiger partial charge in [-0.15, -0.1) is 0 Å². The molecule has 1 aromatic rings. The minimum Gasteiger partial charge on any atom is -0.497 e. The van der Waals surface area contributed by atoms with Crippen LogP contribution in [-0.4, -0.2) is 24.1 Å². The van der Waals surface area contributed by atoms with Gasteiger partial charge in [-0.05, 0) is 37.5 Å². The molecule has 0 spiro atoms. The zero-order valence-electron chi connectivity index (χ0n) is 12.0. The highest BCUT2D eigenvalue weighted by Crippen LogP contribution is 2.24. The van der Waals surface area contributed by atoms with E-state index in [2.05, 4.69) is 38.2 Å². The third-order valence-electron chi connectivity index (χ3n) is 3.58. The Balaban J connectivity index is 2.00. The van der Waals surface area contributed by atoms with Crippen LogP contribution in [0.25, 0.3) is 0 Å². The van der Waals surface area contributed by atoms with Crippen molar-refractivity contribution in [2.24, 2.45) is 10.9 Å². The molecule has 104 valence electrons. The molecule has 19 heavy (non-hydrogen) atoms. The van der Waals surface area contributed by atoms with Gasteiger partial charge in [0, 0.05) is 5.75 Å². The fourth-order valence-corrected chi connectivity index (χ4v) is 3.14. The zero-order chi connectivity index (χ0) is 13.8. The molecule has 0 amide bonds. The average molecular weight is 278 g/mol. The number of ether oxygens (including phenoxy) is 1. The number of benzene rings is 1. The Morgan fingerprint density at radius 2 is 2.00 bits per heavy atom. The second-order valence-electron chi connectivity index (χ2n) is 5.10. The minimum atomic E-state index is 0.262. The molecule has 0 bridgehead atoms. The second kappa shape index (κ2) is 6.33. The molecular formula is C15H22N2OS. The van der Waals surface area contributed by atoms with Crippen LogP contribution < -0.4 is 10.1 Å². The van der Waals surface area contributed by atoms with Gasteiger partial charge in [0.25, 0.3) is 0 Å². The van der Waals surface area contributed by atoms with E-state index >= 15 is 0 Å². The highest BCUT2D eigenvalue weighted by Gasteiger charge is 2.20. The fraction of sp³-hybridized carbons (Fsp3) is 0.533. The van der Waals surface area contributed by atoms with Gasteiger partial charge < -0.3 is 10.1 Å². The van der Waals surface area contributed by atoms with E-state index in [9.17, 15) is 0 Å². The summed E-state index contributed by atoms with van der Waals surface area (Å²) in [5.74, 6) is 2.69. The van der Waals surface area contributed by atoms with E-state index in [0.29, 0.717) is 12.0 Å². The van der Waals surface area contributed by atoms with Gasteiger partial charge >= 0.3 is 0 Å². The van der Waals surface area contributed by atoms with Gasteiger partial charge in [0.15, 0.2) is 5.17 Å². The summed E-state index contributed by atoms with van der Waals surface area (Å²) in [5.41, 5.74) is 1.25. The van der Waals surface area contributed by atoms with Crippen LogP contribution in [-0.2, 0) is 0 Å². The van der Waals surface area contributed by atoms with Crippen molar-refractivity contribution in [1.82, 2.24) is 5.32 Å². The summed E-state index contributed by atoms with van der Waals surface area (Å²) in [7, 11) is 1.69. The highest BCUT2D eigenvalue weighted by molar-refractivity contribution is 8.13. The first kappa shape index (κ1) is 14.3. The molecule has 3 atom stereocenters. The maximum atomic E-state index is 5.18. The average Bonchev–Trinajstić information content (AvgIpc) is 2.43. The summed E-state index contributed by atoms with van der Waals surface area (Å²) < 4.78 is 5.18. The van der Waals surface area contributed by atoms with Gasteiger partial charge in [0.1, 0.15) is 5.75 Å². The zero-order valence-corrected chi connectivity index (χ0v) is 12.8. The number of rotatable bonds is 3. The summed E-state index contributed by atoms with van der Waals surface area (Å²) >= 11 is 1.82. The van der Waals surface area contributed by atoms with Crippen LogP contribution in [0.5, 0.6) is 5.75 Å².